The lowest BCUT2D eigenvalue weighted by Crippen LogP contribution is -2.67. The molecule has 1 aliphatic rings. The van der Waals surface area contributed by atoms with E-state index < -0.39 is 41.4 Å². The number of benzene rings is 2. The average molecular weight is 645 g/mol. The van der Waals surface area contributed by atoms with E-state index in [0.717, 1.165) is 22.2 Å². The first-order chi connectivity index (χ1) is 20.9. The predicted octanol–water partition coefficient (Wildman–Crippen LogP) is 4.79. The number of hydrogen-bond donors (Lipinski definition) is 5. The number of hydrogen-bond acceptors (Lipinski definition) is 5. The van der Waals surface area contributed by atoms with Crippen LogP contribution in [-0.2, 0) is 38.6 Å². The lowest BCUT2D eigenvalue weighted by Gasteiger charge is -2.39. The summed E-state index contributed by atoms with van der Waals surface area (Å²) < 4.78 is 5.39. The second-order valence-corrected chi connectivity index (χ2v) is 12.6. The number of carbonyl (C=O) groups excluding carboxylic acids is 4. The summed E-state index contributed by atoms with van der Waals surface area (Å²) in [5.74, 6) is -2.35. The van der Waals surface area contributed by atoms with Crippen LogP contribution in [0.4, 0.5) is 4.79 Å². The van der Waals surface area contributed by atoms with Crippen molar-refractivity contribution in [2.24, 2.45) is 17.6 Å². The Hall–Kier alpha value is -3.76. The number of aromatic amines is 1. The standard InChI is InChI=1S/C32H39Cl2N5O5/c1-5-18(4)26(38-31(43)44-16-19-9-7-6-8-10-19)29(41)39-32(30(42)37-25(17(2)3)28(35)40)14-13-23-21(15-32)20-11-12-22(33)24(34)27(20)36-23/h6-12,17-18,25-26,36H,5,13-16H2,1-4H3,(H2,35,40)(H,37,42)(H,38,43)(H,39,41)/t18-,25-,26-,32+/m0/s1. The van der Waals surface area contributed by atoms with Gasteiger partial charge in [-0.3, -0.25) is 14.4 Å². The molecule has 6 N–H and O–H groups in total. The maximum atomic E-state index is 14.1. The van der Waals surface area contributed by atoms with E-state index in [9.17, 15) is 19.2 Å². The molecular weight excluding hydrogens is 605 g/mol. The predicted molar refractivity (Wildman–Crippen MR) is 170 cm³/mol. The van der Waals surface area contributed by atoms with E-state index in [2.05, 4.69) is 20.9 Å². The molecule has 0 radical (unpaired) electrons. The molecule has 0 saturated heterocycles. The van der Waals surface area contributed by atoms with Crippen molar-refractivity contribution >= 4 is 57.9 Å². The fraction of sp³-hybridized carbons (Fsp3) is 0.438. The lowest BCUT2D eigenvalue weighted by molar-refractivity contribution is -0.137. The van der Waals surface area contributed by atoms with E-state index in [1.165, 1.54) is 0 Å². The molecule has 1 heterocycles. The number of primary amides is 1. The number of aromatic nitrogens is 1. The number of nitrogens with one attached hydrogen (secondary N) is 4. The van der Waals surface area contributed by atoms with Gasteiger partial charge in [0.1, 0.15) is 24.2 Å². The second kappa shape index (κ2) is 13.9. The van der Waals surface area contributed by atoms with Gasteiger partial charge in [0.05, 0.1) is 15.6 Å². The van der Waals surface area contributed by atoms with E-state index >= 15 is 0 Å². The van der Waals surface area contributed by atoms with Crippen molar-refractivity contribution in [1.82, 2.24) is 20.9 Å². The molecule has 0 bridgehead atoms. The summed E-state index contributed by atoms with van der Waals surface area (Å²) in [4.78, 5) is 56.5. The SMILES string of the molecule is CC[C@H](C)[C@H](NC(=O)OCc1ccccc1)C(=O)N[C@]1(C(=O)N[C@H](C(N)=O)C(C)C)CCc2[nH]c3c(Cl)c(Cl)ccc3c2C1. The highest BCUT2D eigenvalue weighted by atomic mass is 35.5. The minimum Gasteiger partial charge on any atom is -0.445 e. The van der Waals surface area contributed by atoms with Gasteiger partial charge >= 0.3 is 6.09 Å². The van der Waals surface area contributed by atoms with Crippen LogP contribution in [0, 0.1) is 11.8 Å². The average Bonchev–Trinajstić information content (AvgIpc) is 3.37. The number of carbonyl (C=O) groups is 4. The molecule has 4 atom stereocenters. The summed E-state index contributed by atoms with van der Waals surface area (Å²) in [7, 11) is 0. The molecule has 10 nitrogen and oxygen atoms in total. The first-order valence-corrected chi connectivity index (χ1v) is 15.5. The molecule has 1 aliphatic carbocycles. The van der Waals surface area contributed by atoms with E-state index in [0.29, 0.717) is 28.4 Å². The Balaban J connectivity index is 1.65. The summed E-state index contributed by atoms with van der Waals surface area (Å²) in [6.07, 6.45) is 0.530. The third kappa shape index (κ3) is 7.13. The van der Waals surface area contributed by atoms with E-state index in [4.69, 9.17) is 33.7 Å². The van der Waals surface area contributed by atoms with E-state index in [1.807, 2.05) is 50.2 Å². The largest absolute Gasteiger partial charge is 0.445 e. The van der Waals surface area contributed by atoms with Crippen LogP contribution < -0.4 is 21.7 Å². The summed E-state index contributed by atoms with van der Waals surface area (Å²) >= 11 is 12.8. The van der Waals surface area contributed by atoms with Crippen LogP contribution in [0.25, 0.3) is 10.9 Å². The molecule has 0 unspecified atom stereocenters. The summed E-state index contributed by atoms with van der Waals surface area (Å²) in [5, 5.41) is 10.00. The van der Waals surface area contributed by atoms with Gasteiger partial charge in [-0.25, -0.2) is 4.79 Å². The zero-order chi connectivity index (χ0) is 32.2. The fourth-order valence-corrected chi connectivity index (χ4v) is 5.94. The Morgan fingerprint density at radius 2 is 1.73 bits per heavy atom. The smallest absolute Gasteiger partial charge is 0.408 e. The van der Waals surface area contributed by atoms with Crippen molar-refractivity contribution in [2.45, 2.75) is 77.6 Å². The molecule has 44 heavy (non-hydrogen) atoms. The maximum Gasteiger partial charge on any atom is 0.408 e. The van der Waals surface area contributed by atoms with Gasteiger partial charge in [0.15, 0.2) is 0 Å². The summed E-state index contributed by atoms with van der Waals surface area (Å²) in [5.41, 5.74) is 7.28. The normalized spacial score (nSPS) is 18.2. The van der Waals surface area contributed by atoms with Crippen LogP contribution in [0.2, 0.25) is 10.0 Å². The van der Waals surface area contributed by atoms with Crippen LogP contribution in [0.3, 0.4) is 0 Å². The van der Waals surface area contributed by atoms with Gasteiger partial charge in [0.2, 0.25) is 17.7 Å². The monoisotopic (exact) mass is 643 g/mol. The molecule has 3 aromatic rings. The van der Waals surface area contributed by atoms with Crippen molar-refractivity contribution in [3.8, 4) is 0 Å². The Bertz CT molecular complexity index is 1540. The van der Waals surface area contributed by atoms with Gasteiger partial charge < -0.3 is 31.4 Å². The third-order valence-electron chi connectivity index (χ3n) is 8.38. The van der Waals surface area contributed by atoms with Crippen molar-refractivity contribution in [1.29, 1.82) is 0 Å². The van der Waals surface area contributed by atoms with E-state index in [1.54, 1.807) is 19.9 Å². The Labute approximate surface area is 266 Å². The molecule has 236 valence electrons. The number of alkyl carbamates (subject to hydrolysis) is 1. The quantitative estimate of drug-likeness (QED) is 0.203. The number of amides is 4. The molecular formula is C32H39Cl2N5O5. The van der Waals surface area contributed by atoms with Gasteiger partial charge in [-0.15, -0.1) is 0 Å². The fourth-order valence-electron chi connectivity index (χ4n) is 5.57. The van der Waals surface area contributed by atoms with Crippen LogP contribution in [0.15, 0.2) is 42.5 Å². The van der Waals surface area contributed by atoms with Crippen molar-refractivity contribution in [3.05, 3.63) is 69.3 Å². The molecule has 1 aromatic heterocycles. The molecule has 0 aliphatic heterocycles. The molecule has 0 fully saturated rings. The summed E-state index contributed by atoms with van der Waals surface area (Å²) in [6, 6.07) is 10.7. The van der Waals surface area contributed by atoms with Crippen LogP contribution >= 0.6 is 23.2 Å². The molecule has 12 heteroatoms. The van der Waals surface area contributed by atoms with Gasteiger partial charge in [-0.1, -0.05) is 93.7 Å². The number of fused-ring (bicyclic) bond motifs is 3. The number of ether oxygens (including phenoxy) is 1. The Morgan fingerprint density at radius 3 is 2.36 bits per heavy atom. The molecule has 4 rings (SSSR count). The van der Waals surface area contributed by atoms with Crippen molar-refractivity contribution in [3.63, 3.8) is 0 Å². The highest BCUT2D eigenvalue weighted by Gasteiger charge is 2.46. The third-order valence-corrected chi connectivity index (χ3v) is 9.18. The topological polar surface area (TPSA) is 155 Å². The van der Waals surface area contributed by atoms with Gasteiger partial charge in [-0.05, 0) is 41.9 Å². The first-order valence-electron chi connectivity index (χ1n) is 14.7. The van der Waals surface area contributed by atoms with Gasteiger partial charge in [-0.2, -0.15) is 0 Å². The number of rotatable bonds is 11. The van der Waals surface area contributed by atoms with E-state index in [-0.39, 0.29) is 31.3 Å². The molecule has 2 aromatic carbocycles. The zero-order valence-electron chi connectivity index (χ0n) is 25.3. The minimum atomic E-state index is -1.46. The number of aryl methyl sites for hydroxylation is 1. The van der Waals surface area contributed by atoms with Crippen LogP contribution in [-0.4, -0.2) is 46.4 Å². The summed E-state index contributed by atoms with van der Waals surface area (Å²) in [6.45, 7) is 7.32. The van der Waals surface area contributed by atoms with Crippen LogP contribution in [0.1, 0.15) is 57.4 Å². The Kier molecular flexibility index (Phi) is 10.5. The highest BCUT2D eigenvalue weighted by Crippen LogP contribution is 2.39. The second-order valence-electron chi connectivity index (χ2n) is 11.8. The van der Waals surface area contributed by atoms with Gasteiger partial charge in [0, 0.05) is 17.5 Å². The Morgan fingerprint density at radius 1 is 1.02 bits per heavy atom. The first kappa shape index (κ1) is 33.1. The molecule has 4 amide bonds. The van der Waals surface area contributed by atoms with Gasteiger partial charge in [0.25, 0.3) is 0 Å². The van der Waals surface area contributed by atoms with Crippen molar-refractivity contribution < 1.29 is 23.9 Å². The molecule has 0 spiro atoms. The minimum absolute atomic E-state index is 0.0352. The maximum absolute atomic E-state index is 14.1. The highest BCUT2D eigenvalue weighted by molar-refractivity contribution is 6.45. The number of nitrogens with two attached hydrogens (primary N) is 1. The number of H-pyrrole nitrogens is 1. The lowest BCUT2D eigenvalue weighted by atomic mass is 9.78. The van der Waals surface area contributed by atoms with Crippen LogP contribution in [0.5, 0.6) is 0 Å². The molecule has 0 saturated carbocycles. The number of halogens is 2. The zero-order valence-corrected chi connectivity index (χ0v) is 26.8. The van der Waals surface area contributed by atoms with Crippen molar-refractivity contribution in [2.75, 3.05) is 0 Å².